The monoisotopic (exact) mass is 310 g/mol. The van der Waals surface area contributed by atoms with Crippen LogP contribution in [0.5, 0.6) is 0 Å². The number of carbonyl (C=O) groups is 1. The van der Waals surface area contributed by atoms with Gasteiger partial charge in [-0.2, -0.15) is 5.10 Å². The molecule has 2 aliphatic rings. The Hall–Kier alpha value is -2.14. The molecule has 2 aromatic rings. The summed E-state index contributed by atoms with van der Waals surface area (Å²) in [6.07, 6.45) is 5.19. The molecule has 23 heavy (non-hydrogen) atoms. The number of nitrogens with one attached hydrogen (secondary N) is 2. The van der Waals surface area contributed by atoms with Crippen molar-refractivity contribution in [2.24, 2.45) is 11.3 Å². The summed E-state index contributed by atoms with van der Waals surface area (Å²) in [4.78, 5) is 12.7. The highest BCUT2D eigenvalue weighted by Crippen LogP contribution is 2.58. The molecule has 5 heteroatoms. The van der Waals surface area contributed by atoms with Crippen LogP contribution in [0.3, 0.4) is 0 Å². The van der Waals surface area contributed by atoms with Gasteiger partial charge in [-0.1, -0.05) is 12.1 Å². The average molecular weight is 310 g/mol. The van der Waals surface area contributed by atoms with E-state index in [0.29, 0.717) is 0 Å². The Morgan fingerprint density at radius 3 is 2.83 bits per heavy atom. The number of aromatic nitrogens is 2. The molecule has 2 heterocycles. The molecule has 0 radical (unpaired) electrons. The second kappa shape index (κ2) is 5.49. The lowest BCUT2D eigenvalue weighted by molar-refractivity contribution is -0.118. The lowest BCUT2D eigenvalue weighted by atomic mass is 9.92. The molecule has 2 N–H and O–H groups in total. The van der Waals surface area contributed by atoms with E-state index in [-0.39, 0.29) is 17.2 Å². The maximum Gasteiger partial charge on any atom is 0.228 e. The van der Waals surface area contributed by atoms with Crippen LogP contribution in [-0.2, 0) is 4.79 Å². The molecule has 4 rings (SSSR count). The van der Waals surface area contributed by atoms with Gasteiger partial charge in [0.2, 0.25) is 5.91 Å². The largest absolute Gasteiger partial charge is 0.324 e. The number of aryl methyl sites for hydroxylation is 1. The van der Waals surface area contributed by atoms with Gasteiger partial charge in [0.15, 0.2) is 0 Å². The molecule has 5 nitrogen and oxygen atoms in total. The number of hydrogen-bond acceptors (Lipinski definition) is 3. The molecular formula is C18H22N4O. The summed E-state index contributed by atoms with van der Waals surface area (Å²) in [5.74, 6) is 0.320. The Balaban J connectivity index is 1.52. The molecule has 1 unspecified atom stereocenters. The lowest BCUT2D eigenvalue weighted by Crippen LogP contribution is -2.31. The van der Waals surface area contributed by atoms with Crippen molar-refractivity contribution < 1.29 is 4.79 Å². The van der Waals surface area contributed by atoms with Crippen LogP contribution in [0.25, 0.3) is 5.69 Å². The number of benzene rings is 1. The van der Waals surface area contributed by atoms with Crippen LogP contribution in [0.4, 0.5) is 5.69 Å². The zero-order valence-electron chi connectivity index (χ0n) is 13.4. The fourth-order valence-electron chi connectivity index (χ4n) is 3.74. The highest BCUT2D eigenvalue weighted by Gasteiger charge is 2.57. The van der Waals surface area contributed by atoms with Crippen LogP contribution < -0.4 is 10.6 Å². The van der Waals surface area contributed by atoms with Crippen molar-refractivity contribution in [2.45, 2.75) is 26.2 Å². The Labute approximate surface area is 136 Å². The number of rotatable bonds is 3. The van der Waals surface area contributed by atoms with Gasteiger partial charge in [0.1, 0.15) is 0 Å². The van der Waals surface area contributed by atoms with Gasteiger partial charge < -0.3 is 10.6 Å². The number of amides is 1. The van der Waals surface area contributed by atoms with E-state index >= 15 is 0 Å². The third-order valence-electron chi connectivity index (χ3n) is 5.24. The minimum Gasteiger partial charge on any atom is -0.324 e. The Morgan fingerprint density at radius 1 is 1.30 bits per heavy atom. The average Bonchev–Trinajstić information content (AvgIpc) is 3.07. The highest BCUT2D eigenvalue weighted by molar-refractivity contribution is 5.96. The van der Waals surface area contributed by atoms with Gasteiger partial charge in [0.05, 0.1) is 17.1 Å². The third kappa shape index (κ3) is 2.65. The number of carbonyl (C=O) groups excluding carboxylic acids is 1. The van der Waals surface area contributed by atoms with E-state index in [9.17, 15) is 4.79 Å². The first-order valence-electron chi connectivity index (χ1n) is 8.31. The SMILES string of the molecule is Cc1ccn(-c2ccccc2NC(=O)C2CC23CCNCC3)n1. The highest BCUT2D eigenvalue weighted by atomic mass is 16.2. The van der Waals surface area contributed by atoms with Crippen LogP contribution in [0.15, 0.2) is 36.5 Å². The summed E-state index contributed by atoms with van der Waals surface area (Å²) >= 11 is 0. The molecule has 1 aliphatic heterocycles. The summed E-state index contributed by atoms with van der Waals surface area (Å²) in [7, 11) is 0. The number of hydrogen-bond donors (Lipinski definition) is 2. The van der Waals surface area contributed by atoms with Gasteiger partial charge in [-0.15, -0.1) is 0 Å². The van der Waals surface area contributed by atoms with Crippen molar-refractivity contribution in [3.63, 3.8) is 0 Å². The van der Waals surface area contributed by atoms with Crippen molar-refractivity contribution >= 4 is 11.6 Å². The van der Waals surface area contributed by atoms with Crippen molar-refractivity contribution in [2.75, 3.05) is 18.4 Å². The normalized spacial score (nSPS) is 22.0. The maximum atomic E-state index is 12.7. The zero-order chi connectivity index (χ0) is 15.9. The summed E-state index contributed by atoms with van der Waals surface area (Å²) in [5.41, 5.74) is 2.96. The van der Waals surface area contributed by atoms with Crippen LogP contribution in [0, 0.1) is 18.3 Å². The molecule has 1 atom stereocenters. The fraction of sp³-hybridized carbons (Fsp3) is 0.444. The lowest BCUT2D eigenvalue weighted by Gasteiger charge is -2.23. The van der Waals surface area contributed by atoms with Gasteiger partial charge >= 0.3 is 0 Å². The van der Waals surface area contributed by atoms with Gasteiger partial charge in [-0.25, -0.2) is 4.68 Å². The third-order valence-corrected chi connectivity index (χ3v) is 5.24. The van der Waals surface area contributed by atoms with E-state index in [1.807, 2.05) is 48.1 Å². The second-order valence-electron chi connectivity index (χ2n) is 6.78. The molecule has 1 aromatic heterocycles. The van der Waals surface area contributed by atoms with E-state index in [1.165, 1.54) is 0 Å². The smallest absolute Gasteiger partial charge is 0.228 e. The Kier molecular flexibility index (Phi) is 3.45. The predicted molar refractivity (Wildman–Crippen MR) is 89.6 cm³/mol. The van der Waals surface area contributed by atoms with Crippen molar-refractivity contribution in [3.05, 3.63) is 42.2 Å². The first-order chi connectivity index (χ1) is 11.2. The van der Waals surface area contributed by atoms with Crippen LogP contribution >= 0.6 is 0 Å². The minimum atomic E-state index is 0.156. The van der Waals surface area contributed by atoms with Gasteiger partial charge in [-0.3, -0.25) is 4.79 Å². The zero-order valence-corrected chi connectivity index (χ0v) is 13.4. The van der Waals surface area contributed by atoms with Crippen molar-refractivity contribution in [1.29, 1.82) is 0 Å². The standard InChI is InChI=1S/C18H22N4O/c1-13-6-11-22(21-13)16-5-3-2-4-15(16)20-17(23)14-12-18(14)7-9-19-10-8-18/h2-6,11,14,19H,7-10,12H2,1H3,(H,20,23). The quantitative estimate of drug-likeness (QED) is 0.916. The number of piperidine rings is 1. The summed E-state index contributed by atoms with van der Waals surface area (Å²) < 4.78 is 1.82. The molecule has 1 aromatic carbocycles. The summed E-state index contributed by atoms with van der Waals surface area (Å²) in [5, 5.41) is 11.0. The maximum absolute atomic E-state index is 12.7. The number of anilines is 1. The first-order valence-corrected chi connectivity index (χ1v) is 8.31. The Morgan fingerprint density at radius 2 is 2.09 bits per heavy atom. The topological polar surface area (TPSA) is 59.0 Å². The Bertz CT molecular complexity index is 730. The van der Waals surface area contributed by atoms with E-state index in [2.05, 4.69) is 15.7 Å². The van der Waals surface area contributed by atoms with Crippen LogP contribution in [-0.4, -0.2) is 28.8 Å². The van der Waals surface area contributed by atoms with E-state index in [4.69, 9.17) is 0 Å². The van der Waals surface area contributed by atoms with Crippen LogP contribution in [0.1, 0.15) is 25.0 Å². The molecular weight excluding hydrogens is 288 g/mol. The van der Waals surface area contributed by atoms with E-state index in [1.54, 1.807) is 0 Å². The first kappa shape index (κ1) is 14.5. The number of nitrogens with zero attached hydrogens (tertiary/aromatic N) is 2. The van der Waals surface area contributed by atoms with E-state index < -0.39 is 0 Å². The van der Waals surface area contributed by atoms with Gasteiger partial charge in [0, 0.05) is 12.1 Å². The molecule has 1 amide bonds. The molecule has 1 aliphatic carbocycles. The molecule has 1 saturated heterocycles. The molecule has 120 valence electrons. The van der Waals surface area contributed by atoms with Gasteiger partial charge in [-0.05, 0) is 62.9 Å². The minimum absolute atomic E-state index is 0.156. The van der Waals surface area contributed by atoms with Crippen LogP contribution in [0.2, 0.25) is 0 Å². The summed E-state index contributed by atoms with van der Waals surface area (Å²) in [6.45, 7) is 4.03. The van der Waals surface area contributed by atoms with Crippen molar-refractivity contribution in [3.8, 4) is 5.69 Å². The van der Waals surface area contributed by atoms with Gasteiger partial charge in [0.25, 0.3) is 0 Å². The molecule has 1 spiro atoms. The van der Waals surface area contributed by atoms with Crippen molar-refractivity contribution in [1.82, 2.24) is 15.1 Å². The molecule has 1 saturated carbocycles. The number of para-hydroxylation sites is 2. The fourth-order valence-corrected chi connectivity index (χ4v) is 3.74. The molecule has 0 bridgehead atoms. The molecule has 2 fully saturated rings. The summed E-state index contributed by atoms with van der Waals surface area (Å²) in [6, 6.07) is 9.80. The predicted octanol–water partition coefficient (Wildman–Crippen LogP) is 2.51. The second-order valence-corrected chi connectivity index (χ2v) is 6.78. The van der Waals surface area contributed by atoms with E-state index in [0.717, 1.165) is 49.4 Å².